The molecule has 10 heavy (non-hydrogen) atoms. The standard InChI is InChI=1S/C9H19N/c1-4-6-7-9(3)10-8-5-2/h5,8-10H,4,6-7H2,1-3H3. The smallest absolute Gasteiger partial charge is 0.0227 e. The van der Waals surface area contributed by atoms with Crippen LogP contribution in [0.15, 0.2) is 12.3 Å². The van der Waals surface area contributed by atoms with Crippen molar-refractivity contribution in [2.75, 3.05) is 0 Å². The lowest BCUT2D eigenvalue weighted by molar-refractivity contribution is 0.555. The van der Waals surface area contributed by atoms with Crippen molar-refractivity contribution in [1.82, 2.24) is 5.32 Å². The summed E-state index contributed by atoms with van der Waals surface area (Å²) >= 11 is 0. The zero-order valence-electron chi connectivity index (χ0n) is 7.35. The first-order chi connectivity index (χ1) is 4.81. The van der Waals surface area contributed by atoms with Gasteiger partial charge in [0.1, 0.15) is 0 Å². The van der Waals surface area contributed by atoms with Gasteiger partial charge in [0.15, 0.2) is 0 Å². The van der Waals surface area contributed by atoms with E-state index in [1.165, 1.54) is 19.3 Å². The van der Waals surface area contributed by atoms with Crippen LogP contribution in [0.2, 0.25) is 0 Å². The highest BCUT2D eigenvalue weighted by molar-refractivity contribution is 4.77. The monoisotopic (exact) mass is 141 g/mol. The van der Waals surface area contributed by atoms with Crippen LogP contribution >= 0.6 is 0 Å². The Morgan fingerprint density at radius 1 is 1.50 bits per heavy atom. The summed E-state index contributed by atoms with van der Waals surface area (Å²) < 4.78 is 0. The number of unbranched alkanes of at least 4 members (excludes halogenated alkanes) is 1. The molecule has 60 valence electrons. The molecule has 1 atom stereocenters. The molecule has 1 nitrogen and oxygen atoms in total. The van der Waals surface area contributed by atoms with E-state index in [1.807, 2.05) is 19.2 Å². The van der Waals surface area contributed by atoms with E-state index in [4.69, 9.17) is 0 Å². The van der Waals surface area contributed by atoms with Gasteiger partial charge in [0, 0.05) is 6.04 Å². The third-order valence-electron chi connectivity index (χ3n) is 1.54. The average molecular weight is 141 g/mol. The van der Waals surface area contributed by atoms with Crippen LogP contribution in [0.5, 0.6) is 0 Å². The summed E-state index contributed by atoms with van der Waals surface area (Å²) in [4.78, 5) is 0. The van der Waals surface area contributed by atoms with Crippen LogP contribution < -0.4 is 5.32 Å². The average Bonchev–Trinajstić information content (AvgIpc) is 1.97. The van der Waals surface area contributed by atoms with Gasteiger partial charge in [0.05, 0.1) is 0 Å². The molecule has 1 N–H and O–H groups in total. The van der Waals surface area contributed by atoms with Gasteiger partial charge in [-0.3, -0.25) is 0 Å². The molecule has 0 fully saturated rings. The van der Waals surface area contributed by atoms with Crippen molar-refractivity contribution in [3.63, 3.8) is 0 Å². The van der Waals surface area contributed by atoms with Gasteiger partial charge in [-0.15, -0.1) is 0 Å². The van der Waals surface area contributed by atoms with E-state index in [2.05, 4.69) is 19.2 Å². The maximum Gasteiger partial charge on any atom is 0.0227 e. The highest BCUT2D eigenvalue weighted by atomic mass is 14.9. The maximum absolute atomic E-state index is 3.29. The molecule has 0 aromatic rings. The number of allylic oxidation sites excluding steroid dienone is 1. The fourth-order valence-electron chi connectivity index (χ4n) is 0.854. The van der Waals surface area contributed by atoms with E-state index >= 15 is 0 Å². The van der Waals surface area contributed by atoms with Gasteiger partial charge in [-0.05, 0) is 26.5 Å². The predicted molar refractivity (Wildman–Crippen MR) is 46.9 cm³/mol. The highest BCUT2D eigenvalue weighted by Gasteiger charge is 1.94. The number of rotatable bonds is 5. The SMILES string of the molecule is CC=CNC(C)CCCC. The summed E-state index contributed by atoms with van der Waals surface area (Å²) in [5, 5.41) is 3.29. The molecule has 0 saturated heterocycles. The molecule has 0 heterocycles. The number of hydrogen-bond acceptors (Lipinski definition) is 1. The van der Waals surface area contributed by atoms with Crippen LogP contribution in [0.1, 0.15) is 40.0 Å². The highest BCUT2D eigenvalue weighted by Crippen LogP contribution is 1.98. The lowest BCUT2D eigenvalue weighted by atomic mass is 10.1. The molecule has 0 aliphatic rings. The molecule has 0 rings (SSSR count). The zero-order chi connectivity index (χ0) is 7.82. The van der Waals surface area contributed by atoms with Gasteiger partial charge < -0.3 is 5.32 Å². The summed E-state index contributed by atoms with van der Waals surface area (Å²) in [6, 6.07) is 0.635. The van der Waals surface area contributed by atoms with Crippen molar-refractivity contribution in [3.05, 3.63) is 12.3 Å². The van der Waals surface area contributed by atoms with Crippen LogP contribution in [0.25, 0.3) is 0 Å². The van der Waals surface area contributed by atoms with Crippen LogP contribution in [-0.4, -0.2) is 6.04 Å². The molecular formula is C9H19N. The van der Waals surface area contributed by atoms with Crippen LogP contribution in [-0.2, 0) is 0 Å². The van der Waals surface area contributed by atoms with Crippen molar-refractivity contribution in [2.24, 2.45) is 0 Å². The Kier molecular flexibility index (Phi) is 6.35. The van der Waals surface area contributed by atoms with Gasteiger partial charge in [-0.2, -0.15) is 0 Å². The molecule has 0 saturated carbocycles. The van der Waals surface area contributed by atoms with E-state index in [0.29, 0.717) is 6.04 Å². The fraction of sp³-hybridized carbons (Fsp3) is 0.778. The summed E-state index contributed by atoms with van der Waals surface area (Å²) in [6.07, 6.45) is 7.94. The minimum atomic E-state index is 0.635. The summed E-state index contributed by atoms with van der Waals surface area (Å²) in [6.45, 7) is 6.47. The van der Waals surface area contributed by atoms with E-state index in [0.717, 1.165) is 0 Å². The van der Waals surface area contributed by atoms with E-state index in [1.54, 1.807) is 0 Å². The first-order valence-corrected chi connectivity index (χ1v) is 4.18. The topological polar surface area (TPSA) is 12.0 Å². The minimum Gasteiger partial charge on any atom is -0.389 e. The number of nitrogens with one attached hydrogen (secondary N) is 1. The second-order valence-corrected chi connectivity index (χ2v) is 2.71. The Morgan fingerprint density at radius 3 is 2.70 bits per heavy atom. The Labute approximate surface area is 64.5 Å². The zero-order valence-corrected chi connectivity index (χ0v) is 7.35. The van der Waals surface area contributed by atoms with E-state index in [9.17, 15) is 0 Å². The molecule has 0 aromatic heterocycles. The third-order valence-corrected chi connectivity index (χ3v) is 1.54. The molecule has 0 aliphatic heterocycles. The van der Waals surface area contributed by atoms with Gasteiger partial charge in [0.2, 0.25) is 0 Å². The van der Waals surface area contributed by atoms with Crippen molar-refractivity contribution in [3.8, 4) is 0 Å². The first kappa shape index (κ1) is 9.54. The second kappa shape index (κ2) is 6.66. The lowest BCUT2D eigenvalue weighted by Crippen LogP contribution is -2.19. The quantitative estimate of drug-likeness (QED) is 0.620. The van der Waals surface area contributed by atoms with Gasteiger partial charge in [-0.25, -0.2) is 0 Å². The Bertz CT molecular complexity index is 86.7. The summed E-state index contributed by atoms with van der Waals surface area (Å²) in [5.41, 5.74) is 0. The van der Waals surface area contributed by atoms with Crippen LogP contribution in [0.4, 0.5) is 0 Å². The third kappa shape index (κ3) is 5.67. The molecule has 1 unspecified atom stereocenters. The molecule has 0 amide bonds. The van der Waals surface area contributed by atoms with E-state index in [-0.39, 0.29) is 0 Å². The van der Waals surface area contributed by atoms with Crippen molar-refractivity contribution in [1.29, 1.82) is 0 Å². The fourth-order valence-corrected chi connectivity index (χ4v) is 0.854. The van der Waals surface area contributed by atoms with Crippen LogP contribution in [0, 0.1) is 0 Å². The largest absolute Gasteiger partial charge is 0.389 e. The van der Waals surface area contributed by atoms with Crippen molar-refractivity contribution in [2.45, 2.75) is 46.1 Å². The van der Waals surface area contributed by atoms with E-state index < -0.39 is 0 Å². The summed E-state index contributed by atoms with van der Waals surface area (Å²) in [5.74, 6) is 0. The normalized spacial score (nSPS) is 13.9. The Balaban J connectivity index is 3.16. The number of hydrogen-bond donors (Lipinski definition) is 1. The molecule has 0 aromatic carbocycles. The van der Waals surface area contributed by atoms with Gasteiger partial charge >= 0.3 is 0 Å². The van der Waals surface area contributed by atoms with Crippen LogP contribution in [0.3, 0.4) is 0 Å². The molecule has 0 bridgehead atoms. The molecule has 0 spiro atoms. The van der Waals surface area contributed by atoms with Gasteiger partial charge in [-0.1, -0.05) is 25.8 Å². The lowest BCUT2D eigenvalue weighted by Gasteiger charge is -2.09. The van der Waals surface area contributed by atoms with Crippen molar-refractivity contribution < 1.29 is 0 Å². The molecule has 1 heteroatoms. The molecule has 0 aliphatic carbocycles. The second-order valence-electron chi connectivity index (χ2n) is 2.71. The van der Waals surface area contributed by atoms with Crippen molar-refractivity contribution >= 4 is 0 Å². The molecular weight excluding hydrogens is 122 g/mol. The predicted octanol–water partition coefficient (Wildman–Crippen LogP) is 2.69. The minimum absolute atomic E-state index is 0.635. The van der Waals surface area contributed by atoms with Gasteiger partial charge in [0.25, 0.3) is 0 Å². The first-order valence-electron chi connectivity index (χ1n) is 4.18. The maximum atomic E-state index is 3.29. The Morgan fingerprint density at radius 2 is 2.20 bits per heavy atom. The molecule has 0 radical (unpaired) electrons. The summed E-state index contributed by atoms with van der Waals surface area (Å²) in [7, 11) is 0. The Hall–Kier alpha value is -0.460.